The minimum atomic E-state index is -1.01. The largest absolute Gasteiger partial charge is 0.374 e. The number of hydrogen-bond acceptors (Lipinski definition) is 6. The summed E-state index contributed by atoms with van der Waals surface area (Å²) in [5.41, 5.74) is 4.61. The van der Waals surface area contributed by atoms with Crippen LogP contribution in [0.5, 0.6) is 0 Å². The van der Waals surface area contributed by atoms with Gasteiger partial charge in [0.15, 0.2) is 0 Å². The summed E-state index contributed by atoms with van der Waals surface area (Å²) >= 11 is 0. The van der Waals surface area contributed by atoms with Crippen LogP contribution in [0.3, 0.4) is 0 Å². The third-order valence-corrected chi connectivity index (χ3v) is 6.62. The number of aliphatic hydroxyl groups excluding tert-OH is 1. The summed E-state index contributed by atoms with van der Waals surface area (Å²) in [6.07, 6.45) is 0.709. The fraction of sp³-hybridized carbons (Fsp3) is 0.400. The van der Waals surface area contributed by atoms with Crippen molar-refractivity contribution in [2.45, 2.75) is 27.0 Å². The lowest BCUT2D eigenvalue weighted by molar-refractivity contribution is 0.0119. The minimum Gasteiger partial charge on any atom is -0.374 e. The molecular formula is C25H28FN5O. The van der Waals surface area contributed by atoms with Crippen molar-refractivity contribution in [2.24, 2.45) is 11.8 Å². The number of hydrogen-bond donors (Lipinski definition) is 1. The highest BCUT2D eigenvalue weighted by molar-refractivity contribution is 5.65. The second-order valence-electron chi connectivity index (χ2n) is 9.12. The van der Waals surface area contributed by atoms with E-state index in [0.29, 0.717) is 41.7 Å². The zero-order valence-corrected chi connectivity index (χ0v) is 18.7. The summed E-state index contributed by atoms with van der Waals surface area (Å²) in [5, 5.41) is 11.2. The quantitative estimate of drug-likeness (QED) is 0.677. The predicted molar refractivity (Wildman–Crippen MR) is 122 cm³/mol. The standard InChI is InChI=1S/C25H28FN5O/c1-15-7-8-27-22(9-15)20-5-4-6-21(26)23(20)24(32)30-11-18-13-31(14-19(18)12-30)25-28-16(2)10-17(3)29-25/h4-10,18-19,24,32H,11-14H2,1-3H3. The Kier molecular flexibility index (Phi) is 5.39. The molecule has 2 aliphatic rings. The number of fused-ring (bicyclic) bond motifs is 1. The third-order valence-electron chi connectivity index (χ3n) is 6.62. The van der Waals surface area contributed by atoms with Crippen LogP contribution in [0, 0.1) is 38.4 Å². The molecule has 5 rings (SSSR count). The van der Waals surface area contributed by atoms with Crippen LogP contribution >= 0.6 is 0 Å². The van der Waals surface area contributed by atoms with Crippen molar-refractivity contribution in [2.75, 3.05) is 31.1 Å². The lowest BCUT2D eigenvalue weighted by atomic mass is 10.0. The Morgan fingerprint density at radius 2 is 1.66 bits per heavy atom. The molecule has 2 aliphatic heterocycles. The summed E-state index contributed by atoms with van der Waals surface area (Å²) in [5.74, 6) is 1.16. The summed E-state index contributed by atoms with van der Waals surface area (Å²) in [6, 6.07) is 10.7. The Hall–Kier alpha value is -2.90. The van der Waals surface area contributed by atoms with Crippen LogP contribution in [0.15, 0.2) is 42.6 Å². The van der Waals surface area contributed by atoms with Crippen molar-refractivity contribution in [3.05, 3.63) is 70.9 Å². The number of nitrogens with zero attached hydrogens (tertiary/aromatic N) is 5. The molecule has 6 nitrogen and oxygen atoms in total. The molecule has 0 spiro atoms. The maximum absolute atomic E-state index is 15.0. The molecule has 0 bridgehead atoms. The second kappa shape index (κ2) is 8.22. The van der Waals surface area contributed by atoms with Gasteiger partial charge in [0, 0.05) is 54.9 Å². The number of aryl methyl sites for hydroxylation is 3. The zero-order valence-electron chi connectivity index (χ0n) is 18.7. The molecule has 3 unspecified atom stereocenters. The summed E-state index contributed by atoms with van der Waals surface area (Å²) in [6.45, 7) is 9.07. The molecule has 0 amide bonds. The van der Waals surface area contributed by atoms with Crippen molar-refractivity contribution in [1.82, 2.24) is 19.9 Å². The molecule has 32 heavy (non-hydrogen) atoms. The van der Waals surface area contributed by atoms with Crippen LogP contribution in [0.1, 0.15) is 28.7 Å². The normalized spacial score (nSPS) is 21.7. The van der Waals surface area contributed by atoms with E-state index >= 15 is 0 Å². The van der Waals surface area contributed by atoms with E-state index < -0.39 is 12.0 Å². The van der Waals surface area contributed by atoms with Gasteiger partial charge >= 0.3 is 0 Å². The number of likely N-dealkylation sites (tertiary alicyclic amines) is 1. The van der Waals surface area contributed by atoms with E-state index in [1.165, 1.54) is 6.07 Å². The molecule has 2 fully saturated rings. The van der Waals surface area contributed by atoms with Gasteiger partial charge in [0.2, 0.25) is 5.95 Å². The molecule has 166 valence electrons. The maximum atomic E-state index is 15.0. The second-order valence-corrected chi connectivity index (χ2v) is 9.12. The van der Waals surface area contributed by atoms with E-state index in [1.54, 1.807) is 12.3 Å². The number of anilines is 1. The van der Waals surface area contributed by atoms with Gasteiger partial charge in [-0.3, -0.25) is 9.88 Å². The van der Waals surface area contributed by atoms with E-state index in [9.17, 15) is 9.50 Å². The fourth-order valence-corrected chi connectivity index (χ4v) is 5.13. The van der Waals surface area contributed by atoms with Gasteiger partial charge in [-0.2, -0.15) is 0 Å². The monoisotopic (exact) mass is 433 g/mol. The van der Waals surface area contributed by atoms with E-state index in [-0.39, 0.29) is 0 Å². The fourth-order valence-electron chi connectivity index (χ4n) is 5.13. The summed E-state index contributed by atoms with van der Waals surface area (Å²) < 4.78 is 15.0. The van der Waals surface area contributed by atoms with Crippen molar-refractivity contribution < 1.29 is 9.50 Å². The molecule has 2 aromatic heterocycles. The van der Waals surface area contributed by atoms with Crippen molar-refractivity contribution in [1.29, 1.82) is 0 Å². The summed E-state index contributed by atoms with van der Waals surface area (Å²) in [7, 11) is 0. The molecule has 0 radical (unpaired) electrons. The van der Waals surface area contributed by atoms with Crippen LogP contribution in [0.4, 0.5) is 10.3 Å². The van der Waals surface area contributed by atoms with Crippen molar-refractivity contribution in [3.8, 4) is 11.3 Å². The number of pyridine rings is 1. The molecule has 3 aromatic rings. The molecular weight excluding hydrogens is 405 g/mol. The van der Waals surface area contributed by atoms with E-state index in [2.05, 4.69) is 19.9 Å². The van der Waals surface area contributed by atoms with Gasteiger partial charge in [-0.15, -0.1) is 0 Å². The van der Waals surface area contributed by atoms with Crippen molar-refractivity contribution >= 4 is 5.95 Å². The average Bonchev–Trinajstić information content (AvgIpc) is 3.32. The van der Waals surface area contributed by atoms with E-state index in [4.69, 9.17) is 0 Å². The van der Waals surface area contributed by atoms with Gasteiger partial charge in [0.25, 0.3) is 0 Å². The molecule has 2 saturated heterocycles. The first-order chi connectivity index (χ1) is 15.4. The first kappa shape index (κ1) is 21.0. The Morgan fingerprint density at radius 3 is 2.31 bits per heavy atom. The minimum absolute atomic E-state index is 0.306. The number of rotatable bonds is 4. The number of aliphatic hydroxyl groups is 1. The molecule has 7 heteroatoms. The number of aromatic nitrogens is 3. The lowest BCUT2D eigenvalue weighted by Gasteiger charge is -2.27. The topological polar surface area (TPSA) is 65.4 Å². The lowest BCUT2D eigenvalue weighted by Crippen LogP contribution is -2.33. The molecule has 0 saturated carbocycles. The Labute approximate surface area is 187 Å². The average molecular weight is 434 g/mol. The van der Waals surface area contributed by atoms with Crippen LogP contribution in [0.25, 0.3) is 11.3 Å². The predicted octanol–water partition coefficient (Wildman–Crippen LogP) is 3.66. The Morgan fingerprint density at radius 1 is 0.969 bits per heavy atom. The Bertz CT molecular complexity index is 1120. The van der Waals surface area contributed by atoms with E-state index in [1.807, 2.05) is 49.9 Å². The first-order valence-corrected chi connectivity index (χ1v) is 11.1. The molecule has 0 aliphatic carbocycles. The van der Waals surface area contributed by atoms with Gasteiger partial charge in [-0.1, -0.05) is 12.1 Å². The Balaban J connectivity index is 1.36. The van der Waals surface area contributed by atoms with Gasteiger partial charge in [-0.05, 0) is 62.4 Å². The molecule has 1 aromatic carbocycles. The van der Waals surface area contributed by atoms with Gasteiger partial charge in [-0.25, -0.2) is 14.4 Å². The molecule has 1 N–H and O–H groups in total. The summed E-state index contributed by atoms with van der Waals surface area (Å²) in [4.78, 5) is 17.9. The highest BCUT2D eigenvalue weighted by Crippen LogP contribution is 2.39. The number of benzene rings is 1. The third kappa shape index (κ3) is 3.87. The smallest absolute Gasteiger partial charge is 0.225 e. The zero-order chi connectivity index (χ0) is 22.4. The van der Waals surface area contributed by atoms with Crippen LogP contribution in [-0.4, -0.2) is 51.1 Å². The van der Waals surface area contributed by atoms with Gasteiger partial charge < -0.3 is 10.0 Å². The highest BCUT2D eigenvalue weighted by atomic mass is 19.1. The first-order valence-electron chi connectivity index (χ1n) is 11.1. The van der Waals surface area contributed by atoms with Gasteiger partial charge in [0.05, 0.1) is 5.69 Å². The van der Waals surface area contributed by atoms with Crippen LogP contribution in [-0.2, 0) is 0 Å². The van der Waals surface area contributed by atoms with Crippen LogP contribution in [0.2, 0.25) is 0 Å². The molecule has 4 heterocycles. The van der Waals surface area contributed by atoms with Crippen molar-refractivity contribution in [3.63, 3.8) is 0 Å². The maximum Gasteiger partial charge on any atom is 0.225 e. The van der Waals surface area contributed by atoms with Gasteiger partial charge in [0.1, 0.15) is 12.0 Å². The van der Waals surface area contributed by atoms with Crippen LogP contribution < -0.4 is 4.90 Å². The highest BCUT2D eigenvalue weighted by Gasteiger charge is 2.43. The molecule has 3 atom stereocenters. The van der Waals surface area contributed by atoms with E-state index in [0.717, 1.165) is 36.0 Å². The number of halogens is 1. The SMILES string of the molecule is Cc1ccnc(-c2cccc(F)c2C(O)N2CC3CN(c4nc(C)cc(C)n4)CC3C2)c1.